The second kappa shape index (κ2) is 8.41. The number of nitriles is 1. The molecule has 2 aromatic heterocycles. The SMILES string of the molecule is CC(C)(C)C(=O)/C=c1\[nH]c(=O)/c(=C\c2cn(CCC#N)nc2-c2ccccc2)s1. The Morgan fingerprint density at radius 1 is 1.31 bits per heavy atom. The molecule has 0 spiro atoms. The van der Waals surface area contributed by atoms with Crippen LogP contribution in [0.3, 0.4) is 0 Å². The predicted molar refractivity (Wildman–Crippen MR) is 115 cm³/mol. The summed E-state index contributed by atoms with van der Waals surface area (Å²) < 4.78 is 2.74. The third-order valence-corrected chi connectivity index (χ3v) is 5.22. The maximum Gasteiger partial charge on any atom is 0.266 e. The zero-order chi connectivity index (χ0) is 21.0. The maximum absolute atomic E-state index is 12.4. The van der Waals surface area contributed by atoms with Gasteiger partial charge in [0.15, 0.2) is 5.78 Å². The number of aromatic amines is 1. The smallest absolute Gasteiger partial charge is 0.266 e. The van der Waals surface area contributed by atoms with Crippen LogP contribution in [0.25, 0.3) is 23.4 Å². The van der Waals surface area contributed by atoms with Gasteiger partial charge in [-0.2, -0.15) is 10.4 Å². The highest BCUT2D eigenvalue weighted by Gasteiger charge is 2.18. The lowest BCUT2D eigenvalue weighted by Gasteiger charge is -2.12. The zero-order valence-electron chi connectivity index (χ0n) is 16.6. The van der Waals surface area contributed by atoms with E-state index in [-0.39, 0.29) is 11.3 Å². The van der Waals surface area contributed by atoms with Crippen molar-refractivity contribution in [2.24, 2.45) is 5.41 Å². The van der Waals surface area contributed by atoms with Gasteiger partial charge in [0.2, 0.25) is 0 Å². The van der Waals surface area contributed by atoms with E-state index in [4.69, 9.17) is 5.26 Å². The van der Waals surface area contributed by atoms with Gasteiger partial charge < -0.3 is 4.98 Å². The first-order valence-electron chi connectivity index (χ1n) is 9.25. The number of nitrogens with one attached hydrogen (secondary N) is 1. The van der Waals surface area contributed by atoms with Gasteiger partial charge in [-0.3, -0.25) is 14.3 Å². The molecule has 0 saturated heterocycles. The molecule has 0 fully saturated rings. The first-order valence-corrected chi connectivity index (χ1v) is 10.1. The molecule has 0 aliphatic carbocycles. The summed E-state index contributed by atoms with van der Waals surface area (Å²) in [5.41, 5.74) is 1.71. The molecule has 0 amide bonds. The van der Waals surface area contributed by atoms with Crippen molar-refractivity contribution in [2.75, 3.05) is 0 Å². The van der Waals surface area contributed by atoms with E-state index in [1.54, 1.807) is 10.8 Å². The van der Waals surface area contributed by atoms with Crippen molar-refractivity contribution in [1.29, 1.82) is 5.26 Å². The molecule has 7 heteroatoms. The number of thiazole rings is 1. The van der Waals surface area contributed by atoms with Gasteiger partial charge in [-0.15, -0.1) is 11.3 Å². The lowest BCUT2D eigenvalue weighted by atomic mass is 9.91. The van der Waals surface area contributed by atoms with Crippen molar-refractivity contribution in [1.82, 2.24) is 14.8 Å². The Hall–Kier alpha value is -3.24. The second-order valence-electron chi connectivity index (χ2n) is 7.66. The van der Waals surface area contributed by atoms with Crippen LogP contribution in [0.2, 0.25) is 0 Å². The van der Waals surface area contributed by atoms with Gasteiger partial charge in [0.25, 0.3) is 5.56 Å². The number of ketones is 1. The minimum Gasteiger partial charge on any atom is -0.313 e. The summed E-state index contributed by atoms with van der Waals surface area (Å²) in [5, 5.41) is 13.4. The van der Waals surface area contributed by atoms with Crippen molar-refractivity contribution < 1.29 is 4.79 Å². The van der Waals surface area contributed by atoms with E-state index in [1.807, 2.05) is 57.3 Å². The summed E-state index contributed by atoms with van der Waals surface area (Å²) in [4.78, 5) is 27.4. The van der Waals surface area contributed by atoms with E-state index < -0.39 is 5.41 Å². The lowest BCUT2D eigenvalue weighted by Crippen LogP contribution is -2.22. The number of hydrogen-bond acceptors (Lipinski definition) is 5. The number of aryl methyl sites for hydroxylation is 1. The lowest BCUT2D eigenvalue weighted by molar-refractivity contribution is -0.119. The molecular weight excluding hydrogens is 384 g/mol. The zero-order valence-corrected chi connectivity index (χ0v) is 17.4. The van der Waals surface area contributed by atoms with E-state index in [0.717, 1.165) is 16.8 Å². The fourth-order valence-electron chi connectivity index (χ4n) is 2.64. The molecule has 0 aliphatic heterocycles. The first-order chi connectivity index (χ1) is 13.8. The van der Waals surface area contributed by atoms with Gasteiger partial charge in [-0.1, -0.05) is 51.1 Å². The Morgan fingerprint density at radius 2 is 2.03 bits per heavy atom. The third kappa shape index (κ3) is 4.98. The van der Waals surface area contributed by atoms with Crippen molar-refractivity contribution in [3.8, 4) is 17.3 Å². The van der Waals surface area contributed by atoms with Crippen LogP contribution in [-0.2, 0) is 11.3 Å². The Bertz CT molecular complexity index is 1230. The molecule has 1 aromatic carbocycles. The molecular formula is C22H22N4O2S. The predicted octanol–water partition coefficient (Wildman–Crippen LogP) is 2.44. The number of hydrogen-bond donors (Lipinski definition) is 1. The van der Waals surface area contributed by atoms with Gasteiger partial charge in [0.1, 0.15) is 0 Å². The van der Waals surface area contributed by atoms with E-state index in [0.29, 0.717) is 22.2 Å². The highest BCUT2D eigenvalue weighted by molar-refractivity contribution is 7.07. The van der Waals surface area contributed by atoms with Crippen LogP contribution in [0.5, 0.6) is 0 Å². The molecule has 0 bridgehead atoms. The monoisotopic (exact) mass is 406 g/mol. The van der Waals surface area contributed by atoms with Crippen LogP contribution in [0, 0.1) is 16.7 Å². The molecule has 0 saturated carbocycles. The molecule has 3 aromatic rings. The van der Waals surface area contributed by atoms with Gasteiger partial charge >= 0.3 is 0 Å². The number of aromatic nitrogens is 3. The van der Waals surface area contributed by atoms with Gasteiger partial charge in [0.05, 0.1) is 33.9 Å². The summed E-state index contributed by atoms with van der Waals surface area (Å²) in [6.07, 6.45) is 5.45. The third-order valence-electron chi connectivity index (χ3n) is 4.26. The Balaban J connectivity index is 2.10. The summed E-state index contributed by atoms with van der Waals surface area (Å²) in [7, 11) is 0. The molecule has 0 atom stereocenters. The largest absolute Gasteiger partial charge is 0.313 e. The average molecular weight is 407 g/mol. The normalized spacial score (nSPS) is 12.9. The topological polar surface area (TPSA) is 91.5 Å². The van der Waals surface area contributed by atoms with Crippen LogP contribution in [0.4, 0.5) is 0 Å². The fourth-order valence-corrected chi connectivity index (χ4v) is 3.52. The number of carbonyl (C=O) groups excluding carboxylic acids is 1. The number of Topliss-reactive ketones (excluding diaryl/α,β-unsaturated/α-hetero) is 1. The number of nitrogens with zero attached hydrogens (tertiary/aromatic N) is 3. The van der Waals surface area contributed by atoms with Crippen LogP contribution in [0.1, 0.15) is 32.8 Å². The van der Waals surface area contributed by atoms with E-state index >= 15 is 0 Å². The Kier molecular flexibility index (Phi) is 5.95. The van der Waals surface area contributed by atoms with Crippen molar-refractivity contribution in [2.45, 2.75) is 33.7 Å². The van der Waals surface area contributed by atoms with Crippen LogP contribution in [0.15, 0.2) is 41.3 Å². The molecule has 148 valence electrons. The van der Waals surface area contributed by atoms with E-state index in [1.165, 1.54) is 17.4 Å². The van der Waals surface area contributed by atoms with Gasteiger partial charge in [-0.25, -0.2) is 0 Å². The molecule has 29 heavy (non-hydrogen) atoms. The Labute approximate surface area is 172 Å². The molecule has 6 nitrogen and oxygen atoms in total. The minimum absolute atomic E-state index is 0.0455. The average Bonchev–Trinajstić information content (AvgIpc) is 3.23. The van der Waals surface area contributed by atoms with Crippen molar-refractivity contribution in [3.63, 3.8) is 0 Å². The van der Waals surface area contributed by atoms with Crippen LogP contribution in [-0.4, -0.2) is 20.5 Å². The summed E-state index contributed by atoms with van der Waals surface area (Å²) in [6.45, 7) is 6.00. The number of H-pyrrole nitrogens is 1. The molecule has 0 aliphatic rings. The number of carbonyl (C=O) groups is 1. The standard InChI is InChI=1S/C22H22N4O2S/c1-22(2,3)18(27)13-19-24-21(28)17(29-19)12-16-14-26(11-7-10-23)25-20(16)15-8-5-4-6-9-15/h4-6,8-9,12-14H,7,11H2,1-3H3,(H,24,28)/b17-12+,19-13+. The number of benzene rings is 1. The number of rotatable bonds is 5. The molecule has 3 rings (SSSR count). The van der Waals surface area contributed by atoms with Crippen LogP contribution < -0.4 is 14.8 Å². The van der Waals surface area contributed by atoms with E-state index in [2.05, 4.69) is 16.2 Å². The Morgan fingerprint density at radius 3 is 2.69 bits per heavy atom. The summed E-state index contributed by atoms with van der Waals surface area (Å²) in [6, 6.07) is 11.8. The highest BCUT2D eigenvalue weighted by atomic mass is 32.1. The molecule has 0 unspecified atom stereocenters. The van der Waals surface area contributed by atoms with Gasteiger partial charge in [-0.05, 0) is 6.08 Å². The van der Waals surface area contributed by atoms with Crippen molar-refractivity contribution >= 4 is 29.3 Å². The van der Waals surface area contributed by atoms with Gasteiger partial charge in [0, 0.05) is 28.8 Å². The van der Waals surface area contributed by atoms with Crippen LogP contribution >= 0.6 is 11.3 Å². The second-order valence-corrected chi connectivity index (χ2v) is 8.74. The molecule has 0 radical (unpaired) electrons. The highest BCUT2D eigenvalue weighted by Crippen LogP contribution is 2.22. The molecule has 2 heterocycles. The first kappa shape index (κ1) is 20.5. The minimum atomic E-state index is -0.507. The summed E-state index contributed by atoms with van der Waals surface area (Å²) in [5.74, 6) is -0.0455. The van der Waals surface area contributed by atoms with Crippen molar-refractivity contribution in [3.05, 3.63) is 61.6 Å². The van der Waals surface area contributed by atoms with E-state index in [9.17, 15) is 9.59 Å². The molecule has 1 N–H and O–H groups in total. The maximum atomic E-state index is 12.4. The summed E-state index contributed by atoms with van der Waals surface area (Å²) >= 11 is 1.24. The quantitative estimate of drug-likeness (QED) is 0.704. The fraction of sp³-hybridized carbons (Fsp3) is 0.273.